The summed E-state index contributed by atoms with van der Waals surface area (Å²) in [4.78, 5) is 24.4. The van der Waals surface area contributed by atoms with Gasteiger partial charge in [-0.25, -0.2) is 10.2 Å². The van der Waals surface area contributed by atoms with Crippen LogP contribution in [-0.2, 0) is 0 Å². The van der Waals surface area contributed by atoms with Gasteiger partial charge in [-0.05, 0) is 72.3 Å². The third-order valence-electron chi connectivity index (χ3n) is 4.20. The van der Waals surface area contributed by atoms with E-state index in [2.05, 4.69) is 10.5 Å². The fourth-order valence-corrected chi connectivity index (χ4v) is 2.71. The number of amides is 1. The number of ether oxygens (including phenoxy) is 3. The van der Waals surface area contributed by atoms with Crippen LogP contribution in [-0.4, -0.2) is 32.3 Å². The minimum atomic E-state index is -0.486. The number of carbonyl (C=O) groups excluding carboxylic acids is 2. The largest absolute Gasteiger partial charge is 0.493 e. The summed E-state index contributed by atoms with van der Waals surface area (Å²) < 4.78 is 15.7. The number of esters is 1. The minimum Gasteiger partial charge on any atom is -0.493 e. The van der Waals surface area contributed by atoms with Crippen molar-refractivity contribution in [1.82, 2.24) is 5.43 Å². The molecule has 3 aromatic carbocycles. The maximum absolute atomic E-state index is 12.2. The highest BCUT2D eigenvalue weighted by Crippen LogP contribution is 2.27. The standard InChI is InChI=1S/C23H19ClN2O5/c1-29-20-12-7-17(13-21(20)30-2)22(27)26-25-14-15-3-10-19(11-4-15)31-23(28)16-5-8-18(24)9-6-16/h3-14H,1-2H3,(H,26,27)/b25-14-. The number of halogens is 1. The van der Waals surface area contributed by atoms with Gasteiger partial charge in [0, 0.05) is 10.6 Å². The van der Waals surface area contributed by atoms with Crippen LogP contribution in [0.25, 0.3) is 0 Å². The lowest BCUT2D eigenvalue weighted by atomic mass is 10.2. The Bertz CT molecular complexity index is 1100. The van der Waals surface area contributed by atoms with E-state index in [9.17, 15) is 9.59 Å². The van der Waals surface area contributed by atoms with Crippen LogP contribution < -0.4 is 19.6 Å². The van der Waals surface area contributed by atoms with Crippen molar-refractivity contribution in [3.8, 4) is 17.2 Å². The van der Waals surface area contributed by atoms with E-state index < -0.39 is 11.9 Å². The van der Waals surface area contributed by atoms with E-state index in [-0.39, 0.29) is 0 Å². The van der Waals surface area contributed by atoms with Crippen LogP contribution in [0.2, 0.25) is 5.02 Å². The zero-order chi connectivity index (χ0) is 22.2. The molecule has 8 heteroatoms. The van der Waals surface area contributed by atoms with E-state index in [1.165, 1.54) is 20.4 Å². The molecule has 31 heavy (non-hydrogen) atoms. The zero-order valence-corrected chi connectivity index (χ0v) is 17.6. The van der Waals surface area contributed by atoms with Crippen molar-refractivity contribution < 1.29 is 23.8 Å². The number of methoxy groups -OCH3 is 2. The molecule has 1 N–H and O–H groups in total. The SMILES string of the molecule is COc1ccc(C(=O)N/N=C\c2ccc(OC(=O)c3ccc(Cl)cc3)cc2)cc1OC. The van der Waals surface area contributed by atoms with Crippen LogP contribution in [0.4, 0.5) is 0 Å². The average Bonchev–Trinajstić information content (AvgIpc) is 2.80. The fourth-order valence-electron chi connectivity index (χ4n) is 2.58. The lowest BCUT2D eigenvalue weighted by molar-refractivity contribution is 0.0734. The molecule has 0 saturated heterocycles. The first kappa shape index (κ1) is 21.9. The molecular formula is C23H19ClN2O5. The summed E-state index contributed by atoms with van der Waals surface area (Å²) in [7, 11) is 3.01. The van der Waals surface area contributed by atoms with Crippen molar-refractivity contribution in [3.05, 3.63) is 88.4 Å². The lowest BCUT2D eigenvalue weighted by Crippen LogP contribution is -2.17. The topological polar surface area (TPSA) is 86.2 Å². The number of hydrogen-bond acceptors (Lipinski definition) is 6. The van der Waals surface area contributed by atoms with Crippen molar-refractivity contribution in [2.24, 2.45) is 5.10 Å². The van der Waals surface area contributed by atoms with Gasteiger partial charge in [-0.1, -0.05) is 11.6 Å². The molecule has 0 bridgehead atoms. The van der Waals surface area contributed by atoms with Gasteiger partial charge in [-0.2, -0.15) is 5.10 Å². The van der Waals surface area contributed by atoms with Gasteiger partial charge in [-0.3, -0.25) is 4.79 Å². The number of benzene rings is 3. The molecule has 0 fully saturated rings. The van der Waals surface area contributed by atoms with Crippen LogP contribution in [0.3, 0.4) is 0 Å². The number of hydrazone groups is 1. The van der Waals surface area contributed by atoms with Gasteiger partial charge >= 0.3 is 5.97 Å². The van der Waals surface area contributed by atoms with E-state index in [1.54, 1.807) is 66.7 Å². The van der Waals surface area contributed by atoms with E-state index in [4.69, 9.17) is 25.8 Å². The number of nitrogens with zero attached hydrogens (tertiary/aromatic N) is 1. The third kappa shape index (κ3) is 5.83. The van der Waals surface area contributed by atoms with E-state index in [1.807, 2.05) is 0 Å². The second-order valence-electron chi connectivity index (χ2n) is 6.23. The first-order valence-electron chi connectivity index (χ1n) is 9.13. The Morgan fingerprint density at radius 2 is 1.52 bits per heavy atom. The van der Waals surface area contributed by atoms with E-state index >= 15 is 0 Å². The van der Waals surface area contributed by atoms with Crippen LogP contribution in [0, 0.1) is 0 Å². The first-order valence-corrected chi connectivity index (χ1v) is 9.51. The van der Waals surface area contributed by atoms with E-state index in [0.29, 0.717) is 39.0 Å². The Hall–Kier alpha value is -3.84. The van der Waals surface area contributed by atoms with Crippen molar-refractivity contribution in [2.75, 3.05) is 14.2 Å². The van der Waals surface area contributed by atoms with Gasteiger partial charge in [-0.15, -0.1) is 0 Å². The third-order valence-corrected chi connectivity index (χ3v) is 4.45. The molecule has 0 spiro atoms. The molecule has 0 unspecified atom stereocenters. The van der Waals surface area contributed by atoms with Gasteiger partial charge < -0.3 is 14.2 Å². The van der Waals surface area contributed by atoms with Crippen molar-refractivity contribution >= 4 is 29.7 Å². The lowest BCUT2D eigenvalue weighted by Gasteiger charge is -2.08. The van der Waals surface area contributed by atoms with Gasteiger partial charge in [0.1, 0.15) is 5.75 Å². The number of rotatable bonds is 7. The van der Waals surface area contributed by atoms with Crippen molar-refractivity contribution in [1.29, 1.82) is 0 Å². The second-order valence-corrected chi connectivity index (χ2v) is 6.67. The molecule has 158 valence electrons. The molecule has 0 aromatic heterocycles. The Morgan fingerprint density at radius 3 is 2.16 bits per heavy atom. The van der Waals surface area contributed by atoms with E-state index in [0.717, 1.165) is 0 Å². The smallest absolute Gasteiger partial charge is 0.343 e. The molecule has 0 atom stereocenters. The Labute approximate surface area is 184 Å². The van der Waals surface area contributed by atoms with Crippen LogP contribution in [0.1, 0.15) is 26.3 Å². The van der Waals surface area contributed by atoms with Gasteiger partial charge in [0.25, 0.3) is 5.91 Å². The average molecular weight is 439 g/mol. The molecule has 0 saturated carbocycles. The van der Waals surface area contributed by atoms with Crippen LogP contribution >= 0.6 is 11.6 Å². The first-order chi connectivity index (χ1) is 15.0. The summed E-state index contributed by atoms with van der Waals surface area (Å²) in [5.74, 6) is 0.472. The number of carbonyl (C=O) groups is 2. The quantitative estimate of drug-likeness (QED) is 0.256. The van der Waals surface area contributed by atoms with Gasteiger partial charge in [0.2, 0.25) is 0 Å². The monoisotopic (exact) mass is 438 g/mol. The highest BCUT2D eigenvalue weighted by molar-refractivity contribution is 6.30. The highest BCUT2D eigenvalue weighted by Gasteiger charge is 2.10. The predicted molar refractivity (Wildman–Crippen MR) is 117 cm³/mol. The fraction of sp³-hybridized carbons (Fsp3) is 0.0870. The summed E-state index contributed by atoms with van der Waals surface area (Å²) in [6.07, 6.45) is 1.48. The molecule has 3 aromatic rings. The molecule has 0 radical (unpaired) electrons. The second kappa shape index (κ2) is 10.3. The van der Waals surface area contributed by atoms with Crippen molar-refractivity contribution in [2.45, 2.75) is 0 Å². The summed E-state index contributed by atoms with van der Waals surface area (Å²) in [6.45, 7) is 0. The van der Waals surface area contributed by atoms with Gasteiger partial charge in [0.05, 0.1) is 26.0 Å². The normalized spacial score (nSPS) is 10.5. The predicted octanol–water partition coefficient (Wildman–Crippen LogP) is 4.34. The Kier molecular flexibility index (Phi) is 7.24. The summed E-state index contributed by atoms with van der Waals surface area (Å²) in [5.41, 5.74) is 3.92. The molecule has 0 heterocycles. The van der Waals surface area contributed by atoms with Gasteiger partial charge in [0.15, 0.2) is 11.5 Å². The number of nitrogens with one attached hydrogen (secondary N) is 1. The highest BCUT2D eigenvalue weighted by atomic mass is 35.5. The Balaban J connectivity index is 1.57. The molecule has 0 aliphatic heterocycles. The maximum Gasteiger partial charge on any atom is 0.343 e. The Morgan fingerprint density at radius 1 is 0.871 bits per heavy atom. The molecule has 0 aliphatic carbocycles. The number of hydrogen-bond donors (Lipinski definition) is 1. The molecule has 0 aliphatic rings. The maximum atomic E-state index is 12.2. The van der Waals surface area contributed by atoms with Crippen molar-refractivity contribution in [3.63, 3.8) is 0 Å². The molecule has 7 nitrogen and oxygen atoms in total. The van der Waals surface area contributed by atoms with Crippen LogP contribution in [0.15, 0.2) is 71.8 Å². The molecule has 3 rings (SSSR count). The zero-order valence-electron chi connectivity index (χ0n) is 16.8. The van der Waals surface area contributed by atoms with Crippen LogP contribution in [0.5, 0.6) is 17.2 Å². The summed E-state index contributed by atoms with van der Waals surface area (Å²) in [5, 5.41) is 4.49. The summed E-state index contributed by atoms with van der Waals surface area (Å²) in [6, 6.07) is 17.9. The molecular weight excluding hydrogens is 420 g/mol. The minimum absolute atomic E-state index is 0.374. The molecule has 1 amide bonds. The summed E-state index contributed by atoms with van der Waals surface area (Å²) >= 11 is 5.81.